The Morgan fingerprint density at radius 1 is 1.62 bits per heavy atom. The lowest BCUT2D eigenvalue weighted by Crippen LogP contribution is -2.35. The summed E-state index contributed by atoms with van der Waals surface area (Å²) in [4.78, 5) is 11.2. The predicted octanol–water partition coefficient (Wildman–Crippen LogP) is 1.47. The monoisotopic (exact) mass is 185 g/mol. The number of hydrogen-bond donors (Lipinski definition) is 1. The average Bonchev–Trinajstić information content (AvgIpc) is 2.07. The van der Waals surface area contributed by atoms with Crippen LogP contribution in [0.5, 0.6) is 0 Å². The van der Waals surface area contributed by atoms with E-state index in [4.69, 9.17) is 4.74 Å². The van der Waals surface area contributed by atoms with Gasteiger partial charge in [-0.1, -0.05) is 6.92 Å². The Hall–Kier alpha value is -0.570. The van der Waals surface area contributed by atoms with E-state index >= 15 is 0 Å². The van der Waals surface area contributed by atoms with Gasteiger partial charge in [-0.25, -0.2) is 0 Å². The largest absolute Gasteiger partial charge is 0.461 e. The highest BCUT2D eigenvalue weighted by Gasteiger charge is 2.21. The van der Waals surface area contributed by atoms with Gasteiger partial charge in [0.2, 0.25) is 0 Å². The molecule has 0 saturated heterocycles. The minimum atomic E-state index is -0.106. The minimum absolute atomic E-state index is 0.106. The lowest BCUT2D eigenvalue weighted by atomic mass is 9.96. The molecule has 1 saturated carbocycles. The van der Waals surface area contributed by atoms with Gasteiger partial charge in [0, 0.05) is 6.04 Å². The predicted molar refractivity (Wildman–Crippen MR) is 51.5 cm³/mol. The van der Waals surface area contributed by atoms with Crippen LogP contribution in [0.1, 0.15) is 39.5 Å². The lowest BCUT2D eigenvalue weighted by Gasteiger charge is -2.25. The fourth-order valence-corrected chi connectivity index (χ4v) is 1.12. The van der Waals surface area contributed by atoms with E-state index in [0.717, 1.165) is 19.3 Å². The topological polar surface area (TPSA) is 38.3 Å². The Morgan fingerprint density at radius 3 is 2.77 bits per heavy atom. The normalized spacial score (nSPS) is 19.2. The van der Waals surface area contributed by atoms with Crippen molar-refractivity contribution in [3.8, 4) is 0 Å². The third-order valence-electron chi connectivity index (χ3n) is 2.56. The molecule has 3 nitrogen and oxygen atoms in total. The van der Waals surface area contributed by atoms with Crippen LogP contribution in [0.3, 0.4) is 0 Å². The van der Waals surface area contributed by atoms with Gasteiger partial charge in [0.1, 0.15) is 6.10 Å². The maximum Gasteiger partial charge on any atom is 0.320 e. The fourth-order valence-electron chi connectivity index (χ4n) is 1.12. The van der Waals surface area contributed by atoms with Crippen LogP contribution >= 0.6 is 0 Å². The van der Waals surface area contributed by atoms with E-state index in [1.54, 1.807) is 0 Å². The molecule has 0 radical (unpaired) electrons. The van der Waals surface area contributed by atoms with E-state index in [2.05, 4.69) is 19.2 Å². The van der Waals surface area contributed by atoms with Crippen molar-refractivity contribution in [2.75, 3.05) is 6.54 Å². The van der Waals surface area contributed by atoms with Gasteiger partial charge in [0.05, 0.1) is 6.54 Å². The molecule has 3 heteroatoms. The van der Waals surface area contributed by atoms with Crippen LogP contribution in [0, 0.1) is 0 Å². The van der Waals surface area contributed by atoms with E-state index < -0.39 is 0 Å². The highest BCUT2D eigenvalue weighted by Crippen LogP contribution is 2.21. The van der Waals surface area contributed by atoms with Crippen molar-refractivity contribution in [2.45, 2.75) is 51.7 Å². The molecule has 1 rings (SSSR count). The first-order valence-electron chi connectivity index (χ1n) is 5.15. The number of ether oxygens (including phenoxy) is 1. The van der Waals surface area contributed by atoms with Crippen LogP contribution in [0.2, 0.25) is 0 Å². The molecule has 0 amide bonds. The zero-order valence-electron chi connectivity index (χ0n) is 8.51. The molecular weight excluding hydrogens is 166 g/mol. The van der Waals surface area contributed by atoms with E-state index in [9.17, 15) is 4.79 Å². The fraction of sp³-hybridized carbons (Fsp3) is 0.900. The summed E-state index contributed by atoms with van der Waals surface area (Å²) in [5.74, 6) is -0.106. The summed E-state index contributed by atoms with van der Waals surface area (Å²) in [6, 6.07) is 0.397. The van der Waals surface area contributed by atoms with Crippen LogP contribution in [0.4, 0.5) is 0 Å². The van der Waals surface area contributed by atoms with Crippen molar-refractivity contribution in [3.05, 3.63) is 0 Å². The second-order valence-corrected chi connectivity index (χ2v) is 3.73. The first-order chi connectivity index (χ1) is 6.22. The minimum Gasteiger partial charge on any atom is -0.461 e. The lowest BCUT2D eigenvalue weighted by molar-refractivity contribution is -0.151. The first kappa shape index (κ1) is 10.5. The second-order valence-electron chi connectivity index (χ2n) is 3.73. The SMILES string of the molecule is CCC(C)NCC(=O)OC1CCC1. The second kappa shape index (κ2) is 5.22. The molecule has 0 bridgehead atoms. The standard InChI is InChI=1S/C10H19NO2/c1-3-8(2)11-7-10(12)13-9-5-4-6-9/h8-9,11H,3-7H2,1-2H3. The van der Waals surface area contributed by atoms with Crippen molar-refractivity contribution in [2.24, 2.45) is 0 Å². The van der Waals surface area contributed by atoms with Gasteiger partial charge in [0.25, 0.3) is 0 Å². The van der Waals surface area contributed by atoms with Crippen LogP contribution in [0.15, 0.2) is 0 Å². The molecule has 0 spiro atoms. The maximum atomic E-state index is 11.2. The van der Waals surface area contributed by atoms with Gasteiger partial charge in [-0.05, 0) is 32.6 Å². The first-order valence-corrected chi connectivity index (χ1v) is 5.15. The molecule has 1 N–H and O–H groups in total. The highest BCUT2D eigenvalue weighted by atomic mass is 16.5. The summed E-state index contributed by atoms with van der Waals surface area (Å²) in [6.45, 7) is 4.51. The van der Waals surface area contributed by atoms with Crippen molar-refractivity contribution in [1.82, 2.24) is 5.32 Å². The maximum absolute atomic E-state index is 11.2. The molecule has 13 heavy (non-hydrogen) atoms. The summed E-state index contributed by atoms with van der Waals surface area (Å²) in [5.41, 5.74) is 0. The molecule has 1 unspecified atom stereocenters. The quantitative estimate of drug-likeness (QED) is 0.659. The number of esters is 1. The third-order valence-corrected chi connectivity index (χ3v) is 2.56. The Bertz CT molecular complexity index is 166. The number of nitrogens with one attached hydrogen (secondary N) is 1. The van der Waals surface area contributed by atoms with E-state index in [0.29, 0.717) is 12.6 Å². The summed E-state index contributed by atoms with van der Waals surface area (Å²) in [7, 11) is 0. The van der Waals surface area contributed by atoms with Gasteiger partial charge in [-0.2, -0.15) is 0 Å². The molecule has 0 aromatic heterocycles. The summed E-state index contributed by atoms with van der Waals surface area (Å²) in [5, 5.41) is 3.11. The molecular formula is C10H19NO2. The highest BCUT2D eigenvalue weighted by molar-refractivity contribution is 5.71. The van der Waals surface area contributed by atoms with E-state index in [1.807, 2.05) is 0 Å². The molecule has 1 atom stereocenters. The third kappa shape index (κ3) is 3.77. The van der Waals surface area contributed by atoms with Gasteiger partial charge >= 0.3 is 5.97 Å². The summed E-state index contributed by atoms with van der Waals surface area (Å²) < 4.78 is 5.18. The molecule has 0 aliphatic heterocycles. The Kier molecular flexibility index (Phi) is 4.22. The zero-order chi connectivity index (χ0) is 9.68. The summed E-state index contributed by atoms with van der Waals surface area (Å²) >= 11 is 0. The Labute approximate surface area is 79.8 Å². The van der Waals surface area contributed by atoms with Crippen molar-refractivity contribution in [1.29, 1.82) is 0 Å². The van der Waals surface area contributed by atoms with Crippen LogP contribution in [-0.2, 0) is 9.53 Å². The molecule has 76 valence electrons. The molecule has 0 aromatic rings. The van der Waals surface area contributed by atoms with Gasteiger partial charge < -0.3 is 10.1 Å². The van der Waals surface area contributed by atoms with E-state index in [-0.39, 0.29) is 12.1 Å². The van der Waals surface area contributed by atoms with Gasteiger partial charge in [-0.3, -0.25) is 4.79 Å². The number of carbonyl (C=O) groups is 1. The van der Waals surface area contributed by atoms with Crippen molar-refractivity contribution < 1.29 is 9.53 Å². The molecule has 1 aliphatic carbocycles. The Morgan fingerprint density at radius 2 is 2.31 bits per heavy atom. The van der Waals surface area contributed by atoms with Crippen LogP contribution < -0.4 is 5.32 Å². The summed E-state index contributed by atoms with van der Waals surface area (Å²) in [6.07, 6.45) is 4.56. The van der Waals surface area contributed by atoms with E-state index in [1.165, 1.54) is 6.42 Å². The Balaban J connectivity index is 2.03. The molecule has 1 fully saturated rings. The number of rotatable bonds is 5. The molecule has 0 heterocycles. The average molecular weight is 185 g/mol. The number of carbonyl (C=O) groups excluding carboxylic acids is 1. The number of hydrogen-bond acceptors (Lipinski definition) is 3. The van der Waals surface area contributed by atoms with Crippen molar-refractivity contribution >= 4 is 5.97 Å². The van der Waals surface area contributed by atoms with Crippen LogP contribution in [-0.4, -0.2) is 24.7 Å². The smallest absolute Gasteiger partial charge is 0.320 e. The van der Waals surface area contributed by atoms with Crippen molar-refractivity contribution in [3.63, 3.8) is 0 Å². The van der Waals surface area contributed by atoms with Gasteiger partial charge in [0.15, 0.2) is 0 Å². The molecule has 0 aromatic carbocycles. The van der Waals surface area contributed by atoms with Crippen LogP contribution in [0.25, 0.3) is 0 Å². The zero-order valence-corrected chi connectivity index (χ0v) is 8.51. The van der Waals surface area contributed by atoms with Gasteiger partial charge in [-0.15, -0.1) is 0 Å². The molecule has 1 aliphatic rings.